The molecule has 0 aliphatic carbocycles. The van der Waals surface area contributed by atoms with Gasteiger partial charge in [0.1, 0.15) is 5.69 Å². The normalized spacial score (nSPS) is 22.4. The van der Waals surface area contributed by atoms with Gasteiger partial charge in [0.25, 0.3) is 0 Å². The van der Waals surface area contributed by atoms with Crippen molar-refractivity contribution in [2.75, 3.05) is 18.0 Å². The van der Waals surface area contributed by atoms with Crippen LogP contribution in [0.1, 0.15) is 12.8 Å². The molecule has 9 heteroatoms. The van der Waals surface area contributed by atoms with Crippen molar-refractivity contribution in [3.63, 3.8) is 0 Å². The van der Waals surface area contributed by atoms with Crippen LogP contribution in [0.2, 0.25) is 0 Å². The smallest absolute Gasteiger partial charge is 0.180 e. The number of aromatic nitrogens is 5. The van der Waals surface area contributed by atoms with Gasteiger partial charge < -0.3 is 10.2 Å². The van der Waals surface area contributed by atoms with Crippen LogP contribution in [0, 0.1) is 5.82 Å². The van der Waals surface area contributed by atoms with Crippen LogP contribution in [0.5, 0.6) is 0 Å². The number of anilines is 1. The van der Waals surface area contributed by atoms with Crippen LogP contribution in [0.3, 0.4) is 0 Å². The second-order valence-electron chi connectivity index (χ2n) is 6.68. The molecule has 132 valence electrons. The lowest BCUT2D eigenvalue weighted by atomic mass is 10.2. The van der Waals surface area contributed by atoms with Gasteiger partial charge in [-0.15, -0.1) is 12.4 Å². The minimum Gasteiger partial charge on any atom is -0.363 e. The number of fused-ring (bicyclic) bond motifs is 3. The van der Waals surface area contributed by atoms with Crippen molar-refractivity contribution >= 4 is 23.7 Å². The molecule has 2 aliphatic heterocycles. The van der Waals surface area contributed by atoms with Crippen LogP contribution in [0.4, 0.5) is 10.1 Å². The molecule has 0 amide bonds. The molecule has 0 saturated carbocycles. The van der Waals surface area contributed by atoms with Crippen molar-refractivity contribution < 1.29 is 4.39 Å². The fourth-order valence-electron chi connectivity index (χ4n) is 3.87. The molecule has 3 aromatic rings. The van der Waals surface area contributed by atoms with Crippen molar-refractivity contribution in [2.45, 2.75) is 24.9 Å². The van der Waals surface area contributed by atoms with Crippen LogP contribution < -0.4 is 10.2 Å². The Balaban J connectivity index is 0.00000157. The number of nitrogens with zero attached hydrogens (tertiary/aromatic N) is 6. The summed E-state index contributed by atoms with van der Waals surface area (Å²) in [5, 5.41) is 11.9. The van der Waals surface area contributed by atoms with Crippen LogP contribution in [-0.2, 0) is 7.05 Å². The summed E-state index contributed by atoms with van der Waals surface area (Å²) >= 11 is 0. The van der Waals surface area contributed by atoms with Crippen molar-refractivity contribution in [2.24, 2.45) is 7.05 Å². The Bertz CT molecular complexity index is 908. The molecular weight excluding hydrogens is 345 g/mol. The van der Waals surface area contributed by atoms with E-state index in [1.54, 1.807) is 15.4 Å². The van der Waals surface area contributed by atoms with Crippen molar-refractivity contribution in [3.8, 4) is 11.3 Å². The monoisotopic (exact) mass is 363 g/mol. The maximum absolute atomic E-state index is 14.6. The SMILES string of the molecule is Cl.Cn1cc(-c2cn3ncc(F)c(N4CC5CCC(C4)N5)c3n2)cn1. The topological polar surface area (TPSA) is 63.3 Å². The Hall–Kier alpha value is -2.19. The Morgan fingerprint density at radius 2 is 1.88 bits per heavy atom. The summed E-state index contributed by atoms with van der Waals surface area (Å²) in [4.78, 5) is 6.76. The summed E-state index contributed by atoms with van der Waals surface area (Å²) < 4.78 is 18.0. The zero-order valence-corrected chi connectivity index (χ0v) is 14.6. The van der Waals surface area contributed by atoms with E-state index in [0.29, 0.717) is 23.4 Å². The largest absolute Gasteiger partial charge is 0.363 e. The maximum atomic E-state index is 14.6. The van der Waals surface area contributed by atoms with E-state index in [1.165, 1.54) is 6.20 Å². The van der Waals surface area contributed by atoms with Crippen molar-refractivity contribution in [1.29, 1.82) is 0 Å². The van der Waals surface area contributed by atoms with Crippen LogP contribution in [0.15, 0.2) is 24.8 Å². The van der Waals surface area contributed by atoms with Gasteiger partial charge in [0.2, 0.25) is 0 Å². The molecule has 2 bridgehead atoms. The molecule has 2 aliphatic rings. The first-order chi connectivity index (χ1) is 11.7. The molecule has 0 aromatic carbocycles. The highest BCUT2D eigenvalue weighted by Crippen LogP contribution is 2.31. The van der Waals surface area contributed by atoms with E-state index in [9.17, 15) is 4.39 Å². The molecule has 2 saturated heterocycles. The predicted molar refractivity (Wildman–Crippen MR) is 94.6 cm³/mol. The van der Waals surface area contributed by atoms with E-state index in [2.05, 4.69) is 25.4 Å². The van der Waals surface area contributed by atoms with Gasteiger partial charge in [0.15, 0.2) is 11.5 Å². The first-order valence-corrected chi connectivity index (χ1v) is 8.21. The number of halogens is 2. The quantitative estimate of drug-likeness (QED) is 0.749. The summed E-state index contributed by atoms with van der Waals surface area (Å²) in [6.45, 7) is 1.62. The standard InChI is InChI=1S/C16H18FN7.ClH/c1-22-6-10(4-18-22)14-9-24-16(21-14)15(13(17)5-19-24)23-7-11-2-3-12(8-23)20-11;/h4-6,9,11-12,20H,2-3,7-8H2,1H3;1H. The van der Waals surface area contributed by atoms with Crippen molar-refractivity contribution in [1.82, 2.24) is 29.7 Å². The first kappa shape index (κ1) is 16.3. The van der Waals surface area contributed by atoms with E-state index in [4.69, 9.17) is 0 Å². The average Bonchev–Trinajstić information content (AvgIpc) is 3.25. The number of hydrogen-bond acceptors (Lipinski definition) is 5. The van der Waals surface area contributed by atoms with Gasteiger partial charge in [-0.25, -0.2) is 13.9 Å². The lowest BCUT2D eigenvalue weighted by Gasteiger charge is -2.34. The molecule has 3 aromatic heterocycles. The van der Waals surface area contributed by atoms with E-state index in [-0.39, 0.29) is 18.2 Å². The number of rotatable bonds is 2. The summed E-state index contributed by atoms with van der Waals surface area (Å²) in [5.41, 5.74) is 2.77. The zero-order chi connectivity index (χ0) is 16.3. The fraction of sp³-hybridized carbons (Fsp3) is 0.438. The molecule has 0 radical (unpaired) electrons. The Labute approximate surface area is 150 Å². The van der Waals surface area contributed by atoms with E-state index >= 15 is 0 Å². The predicted octanol–water partition coefficient (Wildman–Crippen LogP) is 1.63. The first-order valence-electron chi connectivity index (χ1n) is 8.21. The number of hydrogen-bond donors (Lipinski definition) is 1. The van der Waals surface area contributed by atoms with E-state index in [0.717, 1.165) is 37.2 Å². The third kappa shape index (κ3) is 2.65. The number of imidazole rings is 1. The molecule has 2 atom stereocenters. The third-order valence-corrected chi connectivity index (χ3v) is 4.95. The second-order valence-corrected chi connectivity index (χ2v) is 6.68. The fourth-order valence-corrected chi connectivity index (χ4v) is 3.87. The molecule has 5 rings (SSSR count). The Morgan fingerprint density at radius 1 is 1.12 bits per heavy atom. The van der Waals surface area contributed by atoms with Crippen LogP contribution in [-0.4, -0.2) is 49.6 Å². The van der Waals surface area contributed by atoms with E-state index < -0.39 is 0 Å². The van der Waals surface area contributed by atoms with Gasteiger partial charge in [-0.05, 0) is 12.8 Å². The molecule has 25 heavy (non-hydrogen) atoms. The Kier molecular flexibility index (Phi) is 3.88. The average molecular weight is 364 g/mol. The second kappa shape index (κ2) is 5.96. The lowest BCUT2D eigenvalue weighted by Crippen LogP contribution is -2.51. The third-order valence-electron chi connectivity index (χ3n) is 4.95. The lowest BCUT2D eigenvalue weighted by molar-refractivity contribution is 0.460. The van der Waals surface area contributed by atoms with Gasteiger partial charge in [0, 0.05) is 44.0 Å². The molecule has 2 unspecified atom stereocenters. The molecule has 0 spiro atoms. The van der Waals surface area contributed by atoms with Gasteiger partial charge in [-0.2, -0.15) is 10.2 Å². The van der Waals surface area contributed by atoms with Crippen molar-refractivity contribution in [3.05, 3.63) is 30.6 Å². The molecule has 2 fully saturated rings. The van der Waals surface area contributed by atoms with Crippen LogP contribution in [0.25, 0.3) is 16.9 Å². The highest BCUT2D eigenvalue weighted by molar-refractivity contribution is 5.85. The zero-order valence-electron chi connectivity index (χ0n) is 13.8. The summed E-state index contributed by atoms with van der Waals surface area (Å²) in [7, 11) is 1.86. The molecular formula is C16H19ClFN7. The van der Waals surface area contributed by atoms with Crippen LogP contribution >= 0.6 is 12.4 Å². The number of aryl methyl sites for hydroxylation is 1. The minimum absolute atomic E-state index is 0. The summed E-state index contributed by atoms with van der Waals surface area (Å²) in [6, 6.07) is 0.869. The van der Waals surface area contributed by atoms with E-state index in [1.807, 2.05) is 19.4 Å². The Morgan fingerprint density at radius 3 is 2.56 bits per heavy atom. The highest BCUT2D eigenvalue weighted by atomic mass is 35.5. The minimum atomic E-state index is -0.313. The summed E-state index contributed by atoms with van der Waals surface area (Å²) in [5.74, 6) is -0.313. The molecule has 7 nitrogen and oxygen atoms in total. The van der Waals surface area contributed by atoms with Gasteiger partial charge in [-0.3, -0.25) is 4.68 Å². The van der Waals surface area contributed by atoms with Gasteiger partial charge >= 0.3 is 0 Å². The van der Waals surface area contributed by atoms with Gasteiger partial charge in [0.05, 0.1) is 24.3 Å². The summed E-state index contributed by atoms with van der Waals surface area (Å²) in [6.07, 6.45) is 9.05. The molecule has 1 N–H and O–H groups in total. The maximum Gasteiger partial charge on any atom is 0.180 e. The molecule has 5 heterocycles. The number of piperazine rings is 1. The highest BCUT2D eigenvalue weighted by Gasteiger charge is 2.34. The van der Waals surface area contributed by atoms with Gasteiger partial charge in [-0.1, -0.05) is 0 Å². The number of nitrogens with one attached hydrogen (secondary N) is 1.